The third kappa shape index (κ3) is 4.20. The number of thioether (sulfide) groups is 1. The SMILES string of the molecule is Cc1cc(C)nc(SC(C)C(=O)Nc2cc(=O)n(-c3ccccc3)[nH]2)n1. The number of benzene rings is 1. The first-order chi connectivity index (χ1) is 12.4. The van der Waals surface area contributed by atoms with Gasteiger partial charge in [-0.05, 0) is 39.0 Å². The lowest BCUT2D eigenvalue weighted by Gasteiger charge is -2.10. The first-order valence-electron chi connectivity index (χ1n) is 8.09. The second-order valence-corrected chi connectivity index (χ2v) is 7.17. The highest BCUT2D eigenvalue weighted by molar-refractivity contribution is 8.00. The van der Waals surface area contributed by atoms with Gasteiger partial charge in [-0.3, -0.25) is 14.7 Å². The Hall–Kier alpha value is -2.87. The Bertz CT molecular complexity index is 960. The summed E-state index contributed by atoms with van der Waals surface area (Å²) in [6.45, 7) is 5.55. The summed E-state index contributed by atoms with van der Waals surface area (Å²) >= 11 is 1.27. The van der Waals surface area contributed by atoms with Crippen molar-refractivity contribution in [2.45, 2.75) is 31.2 Å². The van der Waals surface area contributed by atoms with Gasteiger partial charge in [0.1, 0.15) is 5.82 Å². The largest absolute Gasteiger partial charge is 0.310 e. The summed E-state index contributed by atoms with van der Waals surface area (Å²) in [6.07, 6.45) is 0. The number of aryl methyl sites for hydroxylation is 2. The topological polar surface area (TPSA) is 92.7 Å². The van der Waals surface area contributed by atoms with E-state index in [9.17, 15) is 9.59 Å². The number of carbonyl (C=O) groups excluding carboxylic acids is 1. The molecule has 0 bridgehead atoms. The van der Waals surface area contributed by atoms with Crippen LogP contribution in [0.4, 0.5) is 5.82 Å². The van der Waals surface area contributed by atoms with Crippen molar-refractivity contribution in [3.8, 4) is 5.69 Å². The smallest absolute Gasteiger partial charge is 0.273 e. The molecule has 26 heavy (non-hydrogen) atoms. The zero-order valence-electron chi connectivity index (χ0n) is 14.7. The van der Waals surface area contributed by atoms with Crippen molar-refractivity contribution >= 4 is 23.5 Å². The van der Waals surface area contributed by atoms with Crippen molar-refractivity contribution in [2.75, 3.05) is 5.32 Å². The lowest BCUT2D eigenvalue weighted by atomic mass is 10.3. The van der Waals surface area contributed by atoms with Crippen molar-refractivity contribution in [1.82, 2.24) is 19.7 Å². The summed E-state index contributed by atoms with van der Waals surface area (Å²) in [5.41, 5.74) is 2.17. The van der Waals surface area contributed by atoms with Crippen molar-refractivity contribution < 1.29 is 4.79 Å². The van der Waals surface area contributed by atoms with Crippen LogP contribution in [-0.4, -0.2) is 30.9 Å². The quantitative estimate of drug-likeness (QED) is 0.533. The van der Waals surface area contributed by atoms with Crippen LogP contribution in [0.25, 0.3) is 5.69 Å². The van der Waals surface area contributed by atoms with E-state index in [0.29, 0.717) is 16.7 Å². The number of nitrogens with one attached hydrogen (secondary N) is 2. The molecule has 0 saturated carbocycles. The summed E-state index contributed by atoms with van der Waals surface area (Å²) in [6, 6.07) is 12.4. The second kappa shape index (κ2) is 7.57. The van der Waals surface area contributed by atoms with E-state index in [1.807, 2.05) is 38.1 Å². The van der Waals surface area contributed by atoms with Crippen LogP contribution in [0.15, 0.2) is 52.4 Å². The number of hydrogen-bond acceptors (Lipinski definition) is 5. The van der Waals surface area contributed by atoms with Crippen LogP contribution in [0.3, 0.4) is 0 Å². The van der Waals surface area contributed by atoms with Crippen LogP contribution in [0.2, 0.25) is 0 Å². The Labute approximate surface area is 154 Å². The molecule has 8 heteroatoms. The molecule has 0 fully saturated rings. The normalized spacial score (nSPS) is 12.0. The van der Waals surface area contributed by atoms with Crippen LogP contribution in [-0.2, 0) is 4.79 Å². The lowest BCUT2D eigenvalue weighted by molar-refractivity contribution is -0.115. The molecule has 1 aromatic carbocycles. The molecule has 0 aliphatic heterocycles. The van der Waals surface area contributed by atoms with E-state index < -0.39 is 5.25 Å². The number of carbonyl (C=O) groups is 1. The number of aromatic nitrogens is 4. The van der Waals surface area contributed by atoms with Gasteiger partial charge in [0.15, 0.2) is 5.16 Å². The van der Waals surface area contributed by atoms with E-state index in [1.54, 1.807) is 19.1 Å². The Balaban J connectivity index is 1.71. The first kappa shape index (κ1) is 17.9. The number of anilines is 1. The average molecular weight is 369 g/mol. The Morgan fingerprint density at radius 1 is 1.15 bits per heavy atom. The van der Waals surface area contributed by atoms with Gasteiger partial charge in [-0.2, -0.15) is 0 Å². The fourth-order valence-electron chi connectivity index (χ4n) is 2.42. The van der Waals surface area contributed by atoms with Crippen LogP contribution in [0, 0.1) is 13.8 Å². The molecule has 3 aromatic rings. The van der Waals surface area contributed by atoms with Crippen LogP contribution in [0.5, 0.6) is 0 Å². The van der Waals surface area contributed by atoms with E-state index in [0.717, 1.165) is 11.4 Å². The van der Waals surface area contributed by atoms with Gasteiger partial charge in [-0.1, -0.05) is 30.0 Å². The van der Waals surface area contributed by atoms with Crippen LogP contribution < -0.4 is 10.9 Å². The monoisotopic (exact) mass is 369 g/mol. The number of H-pyrrole nitrogens is 1. The maximum Gasteiger partial charge on any atom is 0.273 e. The highest BCUT2D eigenvalue weighted by Gasteiger charge is 2.18. The van der Waals surface area contributed by atoms with E-state index in [2.05, 4.69) is 20.4 Å². The minimum Gasteiger partial charge on any atom is -0.310 e. The fourth-order valence-corrected chi connectivity index (χ4v) is 3.30. The number of rotatable bonds is 5. The number of aromatic amines is 1. The Morgan fingerprint density at radius 3 is 2.46 bits per heavy atom. The molecule has 0 spiro atoms. The molecule has 7 nitrogen and oxygen atoms in total. The van der Waals surface area contributed by atoms with Crippen molar-refractivity contribution in [3.63, 3.8) is 0 Å². The van der Waals surface area contributed by atoms with Gasteiger partial charge in [-0.25, -0.2) is 14.6 Å². The van der Waals surface area contributed by atoms with E-state index in [4.69, 9.17) is 0 Å². The summed E-state index contributed by atoms with van der Waals surface area (Å²) in [4.78, 5) is 33.2. The molecule has 0 radical (unpaired) electrons. The zero-order valence-corrected chi connectivity index (χ0v) is 15.5. The molecule has 2 N–H and O–H groups in total. The van der Waals surface area contributed by atoms with Gasteiger partial charge in [0.25, 0.3) is 5.56 Å². The van der Waals surface area contributed by atoms with Gasteiger partial charge in [0.05, 0.1) is 10.9 Å². The zero-order chi connectivity index (χ0) is 18.7. The first-order valence-corrected chi connectivity index (χ1v) is 8.97. The third-order valence-electron chi connectivity index (χ3n) is 3.61. The molecule has 1 amide bonds. The fraction of sp³-hybridized carbons (Fsp3) is 0.222. The highest BCUT2D eigenvalue weighted by atomic mass is 32.2. The van der Waals surface area contributed by atoms with E-state index in [1.165, 1.54) is 22.5 Å². The van der Waals surface area contributed by atoms with Crippen LogP contribution in [0.1, 0.15) is 18.3 Å². The van der Waals surface area contributed by atoms with Crippen molar-refractivity contribution in [3.05, 3.63) is 64.2 Å². The Kier molecular flexibility index (Phi) is 5.22. The molecular weight excluding hydrogens is 350 g/mol. The number of hydrogen-bond donors (Lipinski definition) is 2. The number of nitrogens with zero attached hydrogens (tertiary/aromatic N) is 3. The van der Waals surface area contributed by atoms with Crippen molar-refractivity contribution in [2.24, 2.45) is 0 Å². The summed E-state index contributed by atoms with van der Waals surface area (Å²) in [5.74, 6) is 0.108. The standard InChI is InChI=1S/C18H19N5O2S/c1-11-9-12(2)20-18(19-11)26-13(3)17(25)21-15-10-16(24)23(22-15)14-7-5-4-6-8-14/h4-10,13,22H,1-3H3,(H,21,25). The molecule has 1 unspecified atom stereocenters. The minimum absolute atomic E-state index is 0.237. The van der Waals surface area contributed by atoms with Gasteiger partial charge in [-0.15, -0.1) is 0 Å². The van der Waals surface area contributed by atoms with Gasteiger partial charge < -0.3 is 5.32 Å². The predicted octanol–water partition coefficient (Wildman–Crippen LogP) is 2.69. The van der Waals surface area contributed by atoms with Crippen molar-refractivity contribution in [1.29, 1.82) is 0 Å². The maximum atomic E-state index is 12.4. The third-order valence-corrected chi connectivity index (χ3v) is 4.57. The molecule has 134 valence electrons. The van der Waals surface area contributed by atoms with Crippen LogP contribution >= 0.6 is 11.8 Å². The molecule has 2 heterocycles. The summed E-state index contributed by atoms with van der Waals surface area (Å²) in [5, 5.41) is 5.77. The lowest BCUT2D eigenvalue weighted by Crippen LogP contribution is -2.23. The Morgan fingerprint density at radius 2 is 1.81 bits per heavy atom. The molecule has 0 aliphatic carbocycles. The summed E-state index contributed by atoms with van der Waals surface area (Å²) < 4.78 is 1.38. The molecule has 2 aromatic heterocycles. The number of amides is 1. The molecule has 0 aliphatic rings. The van der Waals surface area contributed by atoms with E-state index in [-0.39, 0.29) is 11.5 Å². The molecule has 0 saturated heterocycles. The minimum atomic E-state index is -0.417. The second-order valence-electron chi connectivity index (χ2n) is 5.86. The van der Waals surface area contributed by atoms with E-state index >= 15 is 0 Å². The van der Waals surface area contributed by atoms with Gasteiger partial charge in [0, 0.05) is 17.5 Å². The average Bonchev–Trinajstić information content (AvgIpc) is 2.95. The number of para-hydroxylation sites is 1. The predicted molar refractivity (Wildman–Crippen MR) is 102 cm³/mol. The van der Waals surface area contributed by atoms with Gasteiger partial charge in [0.2, 0.25) is 5.91 Å². The maximum absolute atomic E-state index is 12.4. The highest BCUT2D eigenvalue weighted by Crippen LogP contribution is 2.21. The van der Waals surface area contributed by atoms with Gasteiger partial charge >= 0.3 is 0 Å². The molecule has 3 rings (SSSR count). The summed E-state index contributed by atoms with van der Waals surface area (Å²) in [7, 11) is 0. The molecular formula is C18H19N5O2S. The molecule has 1 atom stereocenters.